The first-order valence-electron chi connectivity index (χ1n) is 5.15. The molecule has 0 saturated heterocycles. The maximum atomic E-state index is 5.60. The minimum Gasteiger partial charge on any atom is -0.325 e. The number of thioether (sulfide) groups is 1. The van der Waals surface area contributed by atoms with Crippen molar-refractivity contribution in [2.45, 2.75) is 5.16 Å². The first-order chi connectivity index (χ1) is 8.38. The predicted octanol–water partition coefficient (Wildman–Crippen LogP) is 0.609. The predicted molar refractivity (Wildman–Crippen MR) is 65.9 cm³/mol. The van der Waals surface area contributed by atoms with E-state index < -0.39 is 0 Å². The number of nitrogens with zero attached hydrogens (tertiary/aromatic N) is 5. The third-order valence-electron chi connectivity index (χ3n) is 2.35. The maximum absolute atomic E-state index is 5.60. The smallest absolute Gasteiger partial charge is 0.212 e. The molecule has 1 aliphatic rings. The zero-order valence-electron chi connectivity index (χ0n) is 8.95. The van der Waals surface area contributed by atoms with Gasteiger partial charge in [-0.15, -0.1) is 10.2 Å². The lowest BCUT2D eigenvalue weighted by molar-refractivity contribution is 0.757. The molecular weight excluding hydrogens is 236 g/mol. The Labute approximate surface area is 102 Å². The van der Waals surface area contributed by atoms with E-state index in [2.05, 4.69) is 20.3 Å². The van der Waals surface area contributed by atoms with E-state index in [0.29, 0.717) is 12.4 Å². The topological polar surface area (TPSA) is 82.0 Å². The van der Waals surface area contributed by atoms with Gasteiger partial charge < -0.3 is 5.73 Å². The van der Waals surface area contributed by atoms with Gasteiger partial charge >= 0.3 is 0 Å². The van der Waals surface area contributed by atoms with Crippen LogP contribution >= 0.6 is 11.8 Å². The molecule has 2 N–H and O–H groups in total. The molecule has 0 saturated carbocycles. The van der Waals surface area contributed by atoms with Crippen LogP contribution in [0.1, 0.15) is 0 Å². The normalized spacial score (nSPS) is 14.3. The first kappa shape index (κ1) is 10.4. The highest BCUT2D eigenvalue weighted by atomic mass is 32.2. The van der Waals surface area contributed by atoms with Crippen LogP contribution in [0, 0.1) is 0 Å². The molecule has 86 valence electrons. The summed E-state index contributed by atoms with van der Waals surface area (Å²) in [5.74, 6) is 1.43. The van der Waals surface area contributed by atoms with Gasteiger partial charge in [0.15, 0.2) is 0 Å². The first-order valence-corrected chi connectivity index (χ1v) is 6.13. The highest BCUT2D eigenvalue weighted by molar-refractivity contribution is 7.99. The van der Waals surface area contributed by atoms with Gasteiger partial charge in [-0.25, -0.2) is 0 Å². The fourth-order valence-electron chi connectivity index (χ4n) is 1.52. The van der Waals surface area contributed by atoms with Crippen LogP contribution in [-0.2, 0) is 0 Å². The van der Waals surface area contributed by atoms with Crippen molar-refractivity contribution in [3.05, 3.63) is 24.4 Å². The van der Waals surface area contributed by atoms with Crippen LogP contribution in [-0.4, -0.2) is 37.9 Å². The summed E-state index contributed by atoms with van der Waals surface area (Å²) in [5.41, 5.74) is 7.29. The van der Waals surface area contributed by atoms with E-state index in [0.717, 1.165) is 22.3 Å². The Morgan fingerprint density at radius 2 is 2.29 bits per heavy atom. The van der Waals surface area contributed by atoms with Gasteiger partial charge in [0.2, 0.25) is 11.0 Å². The van der Waals surface area contributed by atoms with Gasteiger partial charge in [0.05, 0.1) is 5.71 Å². The molecule has 3 rings (SSSR count). The van der Waals surface area contributed by atoms with Crippen molar-refractivity contribution >= 4 is 17.5 Å². The van der Waals surface area contributed by atoms with Gasteiger partial charge in [0, 0.05) is 18.5 Å². The summed E-state index contributed by atoms with van der Waals surface area (Å²) in [4.78, 5) is 4.25. The molecule has 0 aliphatic carbocycles. The van der Waals surface area contributed by atoms with Crippen molar-refractivity contribution in [1.29, 1.82) is 0 Å². The molecule has 0 fully saturated rings. The van der Waals surface area contributed by atoms with E-state index >= 15 is 0 Å². The fourth-order valence-corrected chi connectivity index (χ4v) is 2.34. The highest BCUT2D eigenvalue weighted by Crippen LogP contribution is 2.25. The summed E-state index contributed by atoms with van der Waals surface area (Å²) in [6.07, 6.45) is 1.72. The van der Waals surface area contributed by atoms with Gasteiger partial charge in [-0.3, -0.25) is 4.98 Å². The molecule has 1 aliphatic heterocycles. The summed E-state index contributed by atoms with van der Waals surface area (Å²) in [6.45, 7) is 0.451. The fraction of sp³-hybridized carbons (Fsp3) is 0.200. The lowest BCUT2D eigenvalue weighted by atomic mass is 10.3. The van der Waals surface area contributed by atoms with Crippen molar-refractivity contribution in [2.24, 2.45) is 10.8 Å². The number of nitrogens with two attached hydrogens (primary N) is 1. The van der Waals surface area contributed by atoms with Crippen LogP contribution in [0.5, 0.6) is 0 Å². The van der Waals surface area contributed by atoms with Gasteiger partial charge in [0.1, 0.15) is 5.69 Å². The summed E-state index contributed by atoms with van der Waals surface area (Å²) in [6, 6.07) is 5.65. The van der Waals surface area contributed by atoms with E-state index in [4.69, 9.17) is 5.73 Å². The van der Waals surface area contributed by atoms with Crippen LogP contribution in [0.25, 0.3) is 11.5 Å². The molecule has 7 heteroatoms. The van der Waals surface area contributed by atoms with Gasteiger partial charge in [-0.1, -0.05) is 17.8 Å². The molecule has 3 heterocycles. The zero-order valence-corrected chi connectivity index (χ0v) is 9.76. The summed E-state index contributed by atoms with van der Waals surface area (Å²) in [5, 5.41) is 13.4. The molecule has 6 nitrogen and oxygen atoms in total. The lowest BCUT2D eigenvalue weighted by Crippen LogP contribution is -2.21. The van der Waals surface area contributed by atoms with Crippen molar-refractivity contribution in [3.8, 4) is 11.5 Å². The van der Waals surface area contributed by atoms with E-state index in [-0.39, 0.29) is 0 Å². The maximum Gasteiger partial charge on any atom is 0.212 e. The molecule has 0 atom stereocenters. The molecule has 17 heavy (non-hydrogen) atoms. The van der Waals surface area contributed by atoms with Crippen molar-refractivity contribution in [2.75, 3.05) is 12.3 Å². The molecule has 0 amide bonds. The quantitative estimate of drug-likeness (QED) is 0.839. The Kier molecular flexibility index (Phi) is 2.62. The molecule has 0 bridgehead atoms. The van der Waals surface area contributed by atoms with Crippen LogP contribution in [0.2, 0.25) is 0 Å². The van der Waals surface area contributed by atoms with E-state index in [1.165, 1.54) is 0 Å². The third kappa shape index (κ3) is 1.83. The lowest BCUT2D eigenvalue weighted by Gasteiger charge is -2.11. The van der Waals surface area contributed by atoms with Crippen molar-refractivity contribution in [1.82, 2.24) is 19.9 Å². The summed E-state index contributed by atoms with van der Waals surface area (Å²) >= 11 is 1.59. The number of pyridine rings is 1. The number of rotatable bonds is 2. The summed E-state index contributed by atoms with van der Waals surface area (Å²) in [7, 11) is 0. The van der Waals surface area contributed by atoms with Gasteiger partial charge in [-0.2, -0.15) is 9.78 Å². The number of fused-ring (bicyclic) bond motifs is 1. The highest BCUT2D eigenvalue weighted by Gasteiger charge is 2.19. The Hall–Kier alpha value is -1.73. The Balaban J connectivity index is 2.10. The van der Waals surface area contributed by atoms with Crippen LogP contribution in [0.15, 0.2) is 34.7 Å². The largest absolute Gasteiger partial charge is 0.325 e. The average Bonchev–Trinajstić information content (AvgIpc) is 2.82. The van der Waals surface area contributed by atoms with Crippen molar-refractivity contribution in [3.63, 3.8) is 0 Å². The second-order valence-corrected chi connectivity index (χ2v) is 4.43. The van der Waals surface area contributed by atoms with Crippen LogP contribution in [0.4, 0.5) is 0 Å². The average molecular weight is 246 g/mol. The number of hydrogen-bond acceptors (Lipinski definition) is 6. The molecule has 2 aromatic rings. The molecular formula is C10H10N6S. The summed E-state index contributed by atoms with van der Waals surface area (Å²) < 4.78 is 1.71. The molecule has 0 aromatic carbocycles. The molecule has 0 radical (unpaired) electrons. The molecule has 2 aromatic heterocycles. The number of aromatic nitrogens is 4. The van der Waals surface area contributed by atoms with Crippen LogP contribution < -0.4 is 5.73 Å². The van der Waals surface area contributed by atoms with Gasteiger partial charge in [0.25, 0.3) is 0 Å². The number of hydrogen-bond donors (Lipinski definition) is 1. The molecule has 0 unspecified atom stereocenters. The zero-order chi connectivity index (χ0) is 11.7. The van der Waals surface area contributed by atoms with E-state index in [1.54, 1.807) is 22.6 Å². The third-order valence-corrected chi connectivity index (χ3v) is 3.34. The van der Waals surface area contributed by atoms with E-state index in [9.17, 15) is 0 Å². The Morgan fingerprint density at radius 3 is 3.06 bits per heavy atom. The minimum atomic E-state index is 0.451. The van der Waals surface area contributed by atoms with E-state index in [1.807, 2.05) is 18.2 Å². The second kappa shape index (κ2) is 4.27. The minimum absolute atomic E-state index is 0.451. The Bertz CT molecular complexity index is 561. The Morgan fingerprint density at radius 1 is 1.35 bits per heavy atom. The van der Waals surface area contributed by atoms with Crippen LogP contribution in [0.3, 0.4) is 0 Å². The van der Waals surface area contributed by atoms with Gasteiger partial charge in [-0.05, 0) is 12.1 Å². The molecule has 0 spiro atoms. The SMILES string of the molecule is NCC1=Nn2c(nnc2-c2ccccn2)SC1. The van der Waals surface area contributed by atoms with Crippen molar-refractivity contribution < 1.29 is 0 Å². The monoisotopic (exact) mass is 246 g/mol. The standard InChI is InChI=1S/C10H10N6S/c11-5-7-6-17-10-14-13-9(16(10)15-7)8-3-1-2-4-12-8/h1-4H,5-6,11H2. The second-order valence-electron chi connectivity index (χ2n) is 3.49.